The van der Waals surface area contributed by atoms with E-state index >= 15 is 0 Å². The number of nitro benzene ring substituents is 1. The highest BCUT2D eigenvalue weighted by Crippen LogP contribution is 2.37. The number of hydrogen-bond donors (Lipinski definition) is 2. The molecule has 146 valence electrons. The monoisotopic (exact) mass is 385 g/mol. The van der Waals surface area contributed by atoms with Crippen LogP contribution in [0.3, 0.4) is 0 Å². The van der Waals surface area contributed by atoms with Crippen molar-refractivity contribution in [3.63, 3.8) is 0 Å². The summed E-state index contributed by atoms with van der Waals surface area (Å²) in [5.41, 5.74) is 1.49. The number of urea groups is 1. The summed E-state index contributed by atoms with van der Waals surface area (Å²) in [7, 11) is 0. The van der Waals surface area contributed by atoms with Crippen LogP contribution in [0, 0.1) is 17.0 Å². The molecule has 1 atom stereocenters. The first-order valence-corrected chi connectivity index (χ1v) is 8.63. The molecule has 0 radical (unpaired) electrons. The molecule has 1 aliphatic heterocycles. The second-order valence-electron chi connectivity index (χ2n) is 6.22. The lowest BCUT2D eigenvalue weighted by molar-refractivity contribution is -0.384. The molecule has 1 aromatic carbocycles. The first-order valence-electron chi connectivity index (χ1n) is 8.63. The summed E-state index contributed by atoms with van der Waals surface area (Å²) in [4.78, 5) is 35.2. The van der Waals surface area contributed by atoms with Crippen LogP contribution in [0.5, 0.6) is 0 Å². The largest absolute Gasteiger partial charge is 0.463 e. The van der Waals surface area contributed by atoms with Crippen molar-refractivity contribution in [2.24, 2.45) is 0 Å². The number of rotatable bonds is 5. The van der Waals surface area contributed by atoms with Gasteiger partial charge in [-0.3, -0.25) is 10.1 Å². The van der Waals surface area contributed by atoms with Crippen molar-refractivity contribution in [2.45, 2.75) is 26.8 Å². The standard InChI is InChI=1S/C19H19N3O6/c1-4-27-18(23)16-11(3)20-19(24)21-17(16)14-9-8-13(28-14)15-10(2)6-5-7-12(15)22(25)26/h5-9,17H,4H2,1-3H3,(H2,20,21,24)/t17-/m0/s1. The van der Waals surface area contributed by atoms with E-state index in [9.17, 15) is 19.7 Å². The summed E-state index contributed by atoms with van der Waals surface area (Å²) in [5.74, 6) is -0.0458. The van der Waals surface area contributed by atoms with Gasteiger partial charge in [0.1, 0.15) is 17.6 Å². The van der Waals surface area contributed by atoms with Gasteiger partial charge in [-0.1, -0.05) is 12.1 Å². The van der Waals surface area contributed by atoms with Crippen LogP contribution in [-0.4, -0.2) is 23.5 Å². The molecule has 9 nitrogen and oxygen atoms in total. The highest BCUT2D eigenvalue weighted by atomic mass is 16.6. The van der Waals surface area contributed by atoms with Crippen molar-refractivity contribution in [3.8, 4) is 11.3 Å². The highest BCUT2D eigenvalue weighted by Gasteiger charge is 2.34. The summed E-state index contributed by atoms with van der Waals surface area (Å²) in [5, 5.41) is 16.6. The highest BCUT2D eigenvalue weighted by molar-refractivity contribution is 5.94. The SMILES string of the molecule is CCOC(=O)C1=C(C)NC(=O)N[C@H]1c1ccc(-c2c(C)cccc2[N+](=O)[O-])o1. The Kier molecular flexibility index (Phi) is 5.16. The van der Waals surface area contributed by atoms with Crippen LogP contribution in [0.4, 0.5) is 10.5 Å². The molecule has 1 aromatic heterocycles. The van der Waals surface area contributed by atoms with Crippen LogP contribution in [0.25, 0.3) is 11.3 Å². The lowest BCUT2D eigenvalue weighted by Crippen LogP contribution is -2.45. The zero-order valence-electron chi connectivity index (χ0n) is 15.6. The Labute approximate surface area is 160 Å². The van der Waals surface area contributed by atoms with Crippen molar-refractivity contribution < 1.29 is 23.7 Å². The van der Waals surface area contributed by atoms with Gasteiger partial charge in [0.2, 0.25) is 0 Å². The van der Waals surface area contributed by atoms with Gasteiger partial charge in [-0.25, -0.2) is 9.59 Å². The maximum absolute atomic E-state index is 12.4. The number of allylic oxidation sites excluding steroid dienone is 1. The molecule has 9 heteroatoms. The van der Waals surface area contributed by atoms with Gasteiger partial charge in [0.05, 0.1) is 22.7 Å². The van der Waals surface area contributed by atoms with Gasteiger partial charge in [-0.2, -0.15) is 0 Å². The van der Waals surface area contributed by atoms with E-state index in [1.54, 1.807) is 45.0 Å². The van der Waals surface area contributed by atoms with E-state index in [4.69, 9.17) is 9.15 Å². The zero-order chi connectivity index (χ0) is 20.4. The van der Waals surface area contributed by atoms with Gasteiger partial charge >= 0.3 is 12.0 Å². The minimum atomic E-state index is -0.871. The molecule has 0 bridgehead atoms. The number of nitro groups is 1. The van der Waals surface area contributed by atoms with Crippen LogP contribution in [-0.2, 0) is 9.53 Å². The fourth-order valence-electron chi connectivity index (χ4n) is 3.15. The zero-order valence-corrected chi connectivity index (χ0v) is 15.6. The predicted molar refractivity (Wildman–Crippen MR) is 99.3 cm³/mol. The number of esters is 1. The van der Waals surface area contributed by atoms with Crippen molar-refractivity contribution >= 4 is 17.7 Å². The number of carbonyl (C=O) groups excluding carboxylic acids is 2. The second kappa shape index (κ2) is 7.55. The molecule has 2 amide bonds. The summed E-state index contributed by atoms with van der Waals surface area (Å²) in [6.07, 6.45) is 0. The van der Waals surface area contributed by atoms with Crippen LogP contribution < -0.4 is 10.6 Å². The lowest BCUT2D eigenvalue weighted by Gasteiger charge is -2.26. The molecule has 2 aromatic rings. The lowest BCUT2D eigenvalue weighted by atomic mass is 10.0. The Bertz CT molecular complexity index is 991. The molecule has 2 heterocycles. The Morgan fingerprint density at radius 1 is 1.29 bits per heavy atom. The van der Waals surface area contributed by atoms with E-state index in [-0.39, 0.29) is 29.4 Å². The molecule has 0 aliphatic carbocycles. The molecule has 0 unspecified atom stereocenters. The molecule has 1 aliphatic rings. The molecule has 28 heavy (non-hydrogen) atoms. The Morgan fingerprint density at radius 3 is 2.71 bits per heavy atom. The Hall–Kier alpha value is -3.62. The topological polar surface area (TPSA) is 124 Å². The molecule has 3 rings (SSSR count). The molecular weight excluding hydrogens is 366 g/mol. The quantitative estimate of drug-likeness (QED) is 0.462. The van der Waals surface area contributed by atoms with Gasteiger partial charge < -0.3 is 19.8 Å². The molecule has 0 fully saturated rings. The van der Waals surface area contributed by atoms with E-state index in [1.165, 1.54) is 6.07 Å². The maximum atomic E-state index is 12.4. The van der Waals surface area contributed by atoms with Crippen LogP contribution in [0.1, 0.15) is 31.2 Å². The van der Waals surface area contributed by atoms with Crippen molar-refractivity contribution in [1.29, 1.82) is 0 Å². The minimum Gasteiger partial charge on any atom is -0.463 e. The van der Waals surface area contributed by atoms with Gasteiger partial charge in [-0.05, 0) is 38.5 Å². The average molecular weight is 385 g/mol. The Balaban J connectivity index is 2.06. The summed E-state index contributed by atoms with van der Waals surface area (Å²) >= 11 is 0. The normalized spacial score (nSPS) is 16.4. The number of nitrogens with one attached hydrogen (secondary N) is 2. The van der Waals surface area contributed by atoms with E-state index < -0.39 is 23.0 Å². The number of hydrogen-bond acceptors (Lipinski definition) is 6. The summed E-state index contributed by atoms with van der Waals surface area (Å²) in [6.45, 7) is 5.19. The number of furan rings is 1. The summed E-state index contributed by atoms with van der Waals surface area (Å²) < 4.78 is 10.9. The molecule has 2 N–H and O–H groups in total. The number of nitrogens with zero attached hydrogens (tertiary/aromatic N) is 1. The third kappa shape index (κ3) is 3.46. The van der Waals surface area contributed by atoms with Crippen molar-refractivity contribution in [1.82, 2.24) is 10.6 Å². The second-order valence-corrected chi connectivity index (χ2v) is 6.22. The Morgan fingerprint density at radius 2 is 2.04 bits per heavy atom. The predicted octanol–water partition coefficient (Wildman–Crippen LogP) is 3.35. The molecular formula is C19H19N3O6. The van der Waals surface area contributed by atoms with Crippen LogP contribution in [0.15, 0.2) is 46.0 Å². The van der Waals surface area contributed by atoms with Gasteiger partial charge in [0.25, 0.3) is 5.69 Å². The number of aryl methyl sites for hydroxylation is 1. The first-order chi connectivity index (χ1) is 13.3. The van der Waals surface area contributed by atoms with Gasteiger partial charge in [-0.15, -0.1) is 0 Å². The van der Waals surface area contributed by atoms with E-state index in [0.29, 0.717) is 16.8 Å². The fourth-order valence-corrected chi connectivity index (χ4v) is 3.15. The average Bonchev–Trinajstić information content (AvgIpc) is 3.10. The first kappa shape index (κ1) is 19.2. The van der Waals surface area contributed by atoms with Crippen molar-refractivity contribution in [3.05, 3.63) is 63.0 Å². The maximum Gasteiger partial charge on any atom is 0.338 e. The number of ether oxygens (including phenoxy) is 1. The van der Waals surface area contributed by atoms with Crippen LogP contribution >= 0.6 is 0 Å². The van der Waals surface area contributed by atoms with Crippen molar-refractivity contribution in [2.75, 3.05) is 6.61 Å². The number of benzene rings is 1. The summed E-state index contributed by atoms with van der Waals surface area (Å²) in [6, 6.07) is 6.53. The number of carbonyl (C=O) groups is 2. The van der Waals surface area contributed by atoms with Crippen LogP contribution in [0.2, 0.25) is 0 Å². The van der Waals surface area contributed by atoms with E-state index in [2.05, 4.69) is 10.6 Å². The third-order valence-electron chi connectivity index (χ3n) is 4.37. The molecule has 0 saturated carbocycles. The van der Waals surface area contributed by atoms with Gasteiger partial charge in [0.15, 0.2) is 0 Å². The third-order valence-corrected chi connectivity index (χ3v) is 4.37. The van der Waals surface area contributed by atoms with E-state index in [1.807, 2.05) is 0 Å². The number of amides is 2. The molecule has 0 spiro atoms. The fraction of sp³-hybridized carbons (Fsp3) is 0.263. The smallest absolute Gasteiger partial charge is 0.338 e. The minimum absolute atomic E-state index is 0.0902. The van der Waals surface area contributed by atoms with E-state index in [0.717, 1.165) is 0 Å². The van der Waals surface area contributed by atoms with Gasteiger partial charge in [0, 0.05) is 11.8 Å². The molecule has 0 saturated heterocycles.